The Labute approximate surface area is 292 Å². The summed E-state index contributed by atoms with van der Waals surface area (Å²) in [5.74, 6) is -0.578. The minimum Gasteiger partial charge on any atom is -0.432 e. The Morgan fingerprint density at radius 3 is 2.28 bits per heavy atom. The topological polar surface area (TPSA) is 165 Å². The summed E-state index contributed by atoms with van der Waals surface area (Å²) in [7, 11) is -2.91. The predicted molar refractivity (Wildman–Crippen MR) is 189 cm³/mol. The number of aliphatic hydroxyl groups excluding tert-OH is 1. The maximum absolute atomic E-state index is 15.0. The minimum absolute atomic E-state index is 0.0175. The zero-order valence-electron chi connectivity index (χ0n) is 28.8. The van der Waals surface area contributed by atoms with Gasteiger partial charge < -0.3 is 40.0 Å². The summed E-state index contributed by atoms with van der Waals surface area (Å²) < 4.78 is 8.76. The summed E-state index contributed by atoms with van der Waals surface area (Å²) in [5.41, 5.74) is 2.90. The standard InChI is InChI=1S/C35H46N8O6Si/c1-23-33(50(2,3)48)30(10-14-40-22-25(11-17-44)38-39-40)49-35(23)28-18-27(42-16-13-37-20-32(42)46)8-9-29(28)43(34(35)47)21-24-4-6-26(7-5-24)41-15-12-36-19-31(41)45/h4-9,18,22-23,30,33,36-37,44,48H,10-17,19-21H2,1-3H3/t23-,30+,33-,35+/m1/s1. The van der Waals surface area contributed by atoms with Crippen molar-refractivity contribution in [3.8, 4) is 0 Å². The number of amides is 3. The van der Waals surface area contributed by atoms with Crippen molar-refractivity contribution in [2.45, 2.75) is 63.2 Å². The number of nitrogens with one attached hydrogen (secondary N) is 2. The minimum atomic E-state index is -2.91. The van der Waals surface area contributed by atoms with Gasteiger partial charge in [-0.25, -0.2) is 0 Å². The molecular weight excluding hydrogens is 657 g/mol. The van der Waals surface area contributed by atoms with Crippen LogP contribution in [0.2, 0.25) is 18.6 Å². The lowest BCUT2D eigenvalue weighted by Gasteiger charge is -2.33. The Kier molecular flexibility index (Phi) is 9.38. The molecule has 3 amide bonds. The van der Waals surface area contributed by atoms with Crippen LogP contribution in [0.1, 0.15) is 30.2 Å². The third-order valence-electron chi connectivity index (χ3n) is 10.6. The number of fused-ring (bicyclic) bond motifs is 2. The van der Waals surface area contributed by atoms with Gasteiger partial charge >= 0.3 is 0 Å². The number of carbonyl (C=O) groups is 3. The fourth-order valence-corrected chi connectivity index (χ4v) is 10.9. The van der Waals surface area contributed by atoms with Gasteiger partial charge in [0.15, 0.2) is 13.9 Å². The van der Waals surface area contributed by atoms with E-state index in [1.54, 1.807) is 25.6 Å². The molecule has 3 fully saturated rings. The van der Waals surface area contributed by atoms with Crippen LogP contribution >= 0.6 is 0 Å². The van der Waals surface area contributed by atoms with Crippen molar-refractivity contribution in [1.29, 1.82) is 0 Å². The molecule has 1 aromatic heterocycles. The molecule has 2 aromatic carbocycles. The van der Waals surface area contributed by atoms with Gasteiger partial charge in [0, 0.05) is 80.3 Å². The molecule has 14 nitrogen and oxygen atoms in total. The van der Waals surface area contributed by atoms with E-state index in [-0.39, 0.29) is 48.9 Å². The normalized spacial score (nSPS) is 25.7. The highest BCUT2D eigenvalue weighted by Crippen LogP contribution is 2.60. The maximum Gasteiger partial charge on any atom is 0.264 e. The van der Waals surface area contributed by atoms with Crippen LogP contribution in [0.5, 0.6) is 0 Å². The third-order valence-corrected chi connectivity index (χ3v) is 13.1. The zero-order chi connectivity index (χ0) is 35.2. The molecular formula is C35H46N8O6Si. The second kappa shape index (κ2) is 13.6. The molecule has 266 valence electrons. The summed E-state index contributed by atoms with van der Waals surface area (Å²) >= 11 is 0. The van der Waals surface area contributed by atoms with E-state index in [0.29, 0.717) is 62.5 Å². The molecule has 15 heteroatoms. The Morgan fingerprint density at radius 1 is 0.980 bits per heavy atom. The second-order valence-corrected chi connectivity index (χ2v) is 18.3. The average Bonchev–Trinajstić information content (AvgIpc) is 3.74. The van der Waals surface area contributed by atoms with Gasteiger partial charge in [-0.1, -0.05) is 24.3 Å². The summed E-state index contributed by atoms with van der Waals surface area (Å²) in [5, 5.41) is 23.9. The molecule has 5 heterocycles. The van der Waals surface area contributed by atoms with Gasteiger partial charge in [0.05, 0.1) is 37.1 Å². The van der Waals surface area contributed by atoms with E-state index in [1.165, 1.54) is 0 Å². The Bertz CT molecular complexity index is 1760. The number of aromatic nitrogens is 3. The first kappa shape index (κ1) is 34.5. The number of benzene rings is 2. The average molecular weight is 703 g/mol. The Balaban J connectivity index is 1.24. The molecule has 4 N–H and O–H groups in total. The van der Waals surface area contributed by atoms with Crippen molar-refractivity contribution in [3.05, 3.63) is 65.5 Å². The van der Waals surface area contributed by atoms with Gasteiger partial charge in [-0.3, -0.25) is 19.1 Å². The van der Waals surface area contributed by atoms with Crippen LogP contribution in [0, 0.1) is 5.92 Å². The largest absolute Gasteiger partial charge is 0.432 e. The van der Waals surface area contributed by atoms with Gasteiger partial charge in [-0.05, 0) is 55.4 Å². The smallest absolute Gasteiger partial charge is 0.264 e. The summed E-state index contributed by atoms with van der Waals surface area (Å²) in [4.78, 5) is 57.5. The van der Waals surface area contributed by atoms with Crippen molar-refractivity contribution in [2.75, 3.05) is 60.6 Å². The molecule has 4 aliphatic heterocycles. The van der Waals surface area contributed by atoms with Crippen molar-refractivity contribution in [3.63, 3.8) is 0 Å². The first-order chi connectivity index (χ1) is 24.0. The molecule has 50 heavy (non-hydrogen) atoms. The Morgan fingerprint density at radius 2 is 1.64 bits per heavy atom. The molecule has 0 unspecified atom stereocenters. The number of carbonyl (C=O) groups excluding carboxylic acids is 3. The number of aliphatic hydroxyl groups is 1. The van der Waals surface area contributed by atoms with E-state index >= 15 is 4.79 Å². The number of aryl methyl sites for hydroxylation is 1. The van der Waals surface area contributed by atoms with Crippen molar-refractivity contribution in [1.82, 2.24) is 25.6 Å². The number of hydrogen-bond acceptors (Lipinski definition) is 10. The van der Waals surface area contributed by atoms with E-state index in [4.69, 9.17) is 4.74 Å². The molecule has 0 radical (unpaired) electrons. The van der Waals surface area contributed by atoms with Gasteiger partial charge in [-0.2, -0.15) is 0 Å². The van der Waals surface area contributed by atoms with Crippen LogP contribution < -0.4 is 25.3 Å². The highest BCUT2D eigenvalue weighted by atomic mass is 28.4. The van der Waals surface area contributed by atoms with Crippen molar-refractivity contribution in [2.24, 2.45) is 5.92 Å². The summed E-state index contributed by atoms with van der Waals surface area (Å²) in [6.45, 7) is 9.60. The SMILES string of the molecule is C[C@@H]1[C@@H]([Si](C)(C)O)[C@H](CCn2cc(CCO)nn2)O[C@@]12C(=O)N(Cc1ccc(N3CCNCC3=O)cc1)c1ccc(N3CCNCC3=O)cc12. The van der Waals surface area contributed by atoms with Gasteiger partial charge in [0.2, 0.25) is 11.8 Å². The fraction of sp³-hybridized carbons (Fsp3) is 0.514. The van der Waals surface area contributed by atoms with Crippen LogP contribution in [0.4, 0.5) is 17.1 Å². The highest BCUT2D eigenvalue weighted by molar-refractivity contribution is 6.71. The van der Waals surface area contributed by atoms with E-state index in [2.05, 4.69) is 20.9 Å². The molecule has 3 saturated heterocycles. The second-order valence-electron chi connectivity index (χ2n) is 14.3. The zero-order valence-corrected chi connectivity index (χ0v) is 29.8. The number of rotatable bonds is 10. The number of hydrogen-bond donors (Lipinski definition) is 4. The van der Waals surface area contributed by atoms with Crippen LogP contribution in [0.25, 0.3) is 0 Å². The molecule has 0 saturated carbocycles. The van der Waals surface area contributed by atoms with E-state index in [0.717, 1.165) is 23.5 Å². The van der Waals surface area contributed by atoms with E-state index in [9.17, 15) is 19.5 Å². The number of nitrogens with zero attached hydrogens (tertiary/aromatic N) is 6. The van der Waals surface area contributed by atoms with Crippen molar-refractivity contribution >= 4 is 43.1 Å². The van der Waals surface area contributed by atoms with E-state index < -0.39 is 20.0 Å². The highest BCUT2D eigenvalue weighted by Gasteiger charge is 2.66. The lowest BCUT2D eigenvalue weighted by molar-refractivity contribution is -0.146. The lowest BCUT2D eigenvalue weighted by atomic mass is 9.82. The monoisotopic (exact) mass is 702 g/mol. The lowest BCUT2D eigenvalue weighted by Crippen LogP contribution is -2.48. The number of piperazine rings is 2. The molecule has 3 aromatic rings. The van der Waals surface area contributed by atoms with Gasteiger partial charge in [0.25, 0.3) is 5.91 Å². The molecule has 4 aliphatic rings. The third kappa shape index (κ3) is 6.15. The molecule has 4 atom stereocenters. The van der Waals surface area contributed by atoms with Crippen molar-refractivity contribution < 1.29 is 29.0 Å². The van der Waals surface area contributed by atoms with Crippen LogP contribution in [0.15, 0.2) is 48.7 Å². The Hall–Kier alpha value is -3.99. The molecule has 7 rings (SSSR count). The van der Waals surface area contributed by atoms with Crippen LogP contribution in [0.3, 0.4) is 0 Å². The quantitative estimate of drug-likeness (QED) is 0.225. The molecule has 1 spiro atoms. The first-order valence-electron chi connectivity index (χ1n) is 17.5. The molecule has 0 bridgehead atoms. The summed E-state index contributed by atoms with van der Waals surface area (Å²) in [6.07, 6.45) is 2.27. The summed E-state index contributed by atoms with van der Waals surface area (Å²) in [6, 6.07) is 13.5. The first-order valence-corrected chi connectivity index (χ1v) is 20.5. The molecule has 0 aliphatic carbocycles. The number of anilines is 3. The van der Waals surface area contributed by atoms with Gasteiger partial charge in [0.1, 0.15) is 0 Å². The van der Waals surface area contributed by atoms with Crippen LogP contribution in [-0.2, 0) is 44.2 Å². The predicted octanol–water partition coefficient (Wildman–Crippen LogP) is 1.12. The number of ether oxygens (including phenoxy) is 1. The maximum atomic E-state index is 15.0. The fourth-order valence-electron chi connectivity index (χ4n) is 8.32. The van der Waals surface area contributed by atoms with Gasteiger partial charge in [-0.15, -0.1) is 5.10 Å². The van der Waals surface area contributed by atoms with Crippen LogP contribution in [-0.4, -0.2) is 103 Å². The van der Waals surface area contributed by atoms with E-state index in [1.807, 2.05) is 62.5 Å².